The summed E-state index contributed by atoms with van der Waals surface area (Å²) in [7, 11) is 0. The Morgan fingerprint density at radius 3 is 2.85 bits per heavy atom. The number of allylic oxidation sites excluding steroid dienone is 1. The van der Waals surface area contributed by atoms with Gasteiger partial charge < -0.3 is 0 Å². The summed E-state index contributed by atoms with van der Waals surface area (Å²) < 4.78 is 1.89. The van der Waals surface area contributed by atoms with Crippen molar-refractivity contribution in [2.75, 3.05) is 0 Å². The van der Waals surface area contributed by atoms with E-state index in [0.29, 0.717) is 0 Å². The summed E-state index contributed by atoms with van der Waals surface area (Å²) >= 11 is 0. The summed E-state index contributed by atoms with van der Waals surface area (Å²) in [5.41, 5.74) is 1.42. The Labute approximate surface area is 78.2 Å². The minimum Gasteiger partial charge on any atom is -0.219 e. The Bertz CT molecular complexity index is 340. The normalized spacial score (nSPS) is 25.6. The van der Waals surface area contributed by atoms with Crippen molar-refractivity contribution in [1.82, 2.24) is 0 Å². The molecule has 0 fully saturated rings. The molecule has 3 nitrogen and oxygen atoms in total. The fourth-order valence-corrected chi connectivity index (χ4v) is 1.51. The summed E-state index contributed by atoms with van der Waals surface area (Å²) in [5.74, 6) is 0. The lowest BCUT2D eigenvalue weighted by atomic mass is 9.85. The van der Waals surface area contributed by atoms with Crippen molar-refractivity contribution in [3.8, 4) is 0 Å². The molecule has 0 bridgehead atoms. The molecule has 68 valence electrons. The second kappa shape index (κ2) is 2.62. The van der Waals surface area contributed by atoms with Gasteiger partial charge in [0.1, 0.15) is 6.20 Å². The Morgan fingerprint density at radius 2 is 2.15 bits per heavy atom. The highest BCUT2D eigenvalue weighted by atomic mass is 15.4. The van der Waals surface area contributed by atoms with E-state index < -0.39 is 0 Å². The van der Waals surface area contributed by atoms with E-state index >= 15 is 0 Å². The number of nitrogens with zero attached hydrogens (tertiary/aromatic N) is 3. The molecule has 0 aromatic carbocycles. The quantitative estimate of drug-likeness (QED) is 0.507. The van der Waals surface area contributed by atoms with Crippen LogP contribution in [0.3, 0.4) is 0 Å². The molecule has 0 aromatic rings. The van der Waals surface area contributed by atoms with Crippen molar-refractivity contribution in [2.45, 2.75) is 26.9 Å². The molecule has 0 saturated heterocycles. The van der Waals surface area contributed by atoms with Crippen molar-refractivity contribution >= 4 is 6.21 Å². The van der Waals surface area contributed by atoms with Gasteiger partial charge in [-0.25, -0.2) is 4.99 Å². The van der Waals surface area contributed by atoms with Gasteiger partial charge in [0.15, 0.2) is 0 Å². The zero-order valence-corrected chi connectivity index (χ0v) is 8.23. The molecule has 13 heavy (non-hydrogen) atoms. The standard InChI is InChI=1S/C10H14N3/c1-10(2,3)8-7-12-13-6-4-5-11-9(8)13/h4-7,9H,1-3H3/q+1. The van der Waals surface area contributed by atoms with Crippen LogP contribution in [-0.4, -0.2) is 17.1 Å². The minimum absolute atomic E-state index is 0.102. The van der Waals surface area contributed by atoms with E-state index in [9.17, 15) is 0 Å². The third-order valence-electron chi connectivity index (χ3n) is 2.28. The predicted octanol–water partition coefficient (Wildman–Crippen LogP) is 2.32. The largest absolute Gasteiger partial charge is 0.301 e. The molecule has 2 aliphatic heterocycles. The van der Waals surface area contributed by atoms with Gasteiger partial charge >= 0.3 is 6.17 Å². The highest BCUT2D eigenvalue weighted by molar-refractivity contribution is 5.71. The first-order valence-corrected chi connectivity index (χ1v) is 4.49. The Kier molecular flexibility index (Phi) is 1.68. The number of hydrogen-bond acceptors (Lipinski definition) is 2. The molecule has 0 N–H and O–H groups in total. The first-order valence-electron chi connectivity index (χ1n) is 4.49. The molecule has 1 unspecified atom stereocenters. The fraction of sp³-hybridized carbons (Fsp3) is 0.500. The lowest BCUT2D eigenvalue weighted by molar-refractivity contribution is -0.547. The van der Waals surface area contributed by atoms with Gasteiger partial charge in [-0.15, -0.1) is 0 Å². The lowest BCUT2D eigenvalue weighted by Gasteiger charge is -2.20. The molecule has 0 aromatic heterocycles. The van der Waals surface area contributed by atoms with Gasteiger partial charge in [0.05, 0.1) is 5.57 Å². The van der Waals surface area contributed by atoms with Crippen molar-refractivity contribution in [3.05, 3.63) is 24.0 Å². The topological polar surface area (TPSA) is 27.7 Å². The predicted molar refractivity (Wildman–Crippen MR) is 51.6 cm³/mol. The maximum absolute atomic E-state index is 4.39. The SMILES string of the molecule is CC(C)(C)C1=CN=[N+]2C=CC=NC12. The molecule has 0 amide bonds. The summed E-state index contributed by atoms with van der Waals surface area (Å²) in [6.07, 6.45) is 7.72. The van der Waals surface area contributed by atoms with Gasteiger partial charge in [0, 0.05) is 12.3 Å². The summed E-state index contributed by atoms with van der Waals surface area (Å²) in [6.45, 7) is 6.56. The fourth-order valence-electron chi connectivity index (χ4n) is 1.51. The van der Waals surface area contributed by atoms with Crippen molar-refractivity contribution < 1.29 is 4.70 Å². The van der Waals surface area contributed by atoms with E-state index in [1.54, 1.807) is 0 Å². The molecule has 2 rings (SSSR count). The van der Waals surface area contributed by atoms with Gasteiger partial charge in [-0.1, -0.05) is 25.5 Å². The first kappa shape index (κ1) is 8.35. The van der Waals surface area contributed by atoms with E-state index in [2.05, 4.69) is 30.9 Å². The van der Waals surface area contributed by atoms with Crippen molar-refractivity contribution in [3.63, 3.8) is 0 Å². The monoisotopic (exact) mass is 176 g/mol. The molecule has 0 spiro atoms. The van der Waals surface area contributed by atoms with Gasteiger partial charge in [-0.05, 0) is 10.5 Å². The number of hydrogen-bond donors (Lipinski definition) is 0. The second-order valence-electron chi connectivity index (χ2n) is 4.34. The van der Waals surface area contributed by atoms with Gasteiger partial charge in [-0.2, -0.15) is 0 Å². The summed E-state index contributed by atoms with van der Waals surface area (Å²) in [6, 6.07) is 0. The van der Waals surface area contributed by atoms with E-state index in [1.165, 1.54) is 5.57 Å². The zero-order chi connectivity index (χ0) is 9.47. The molecule has 0 radical (unpaired) electrons. The van der Waals surface area contributed by atoms with Crippen LogP contribution >= 0.6 is 0 Å². The van der Waals surface area contributed by atoms with Crippen LogP contribution in [0, 0.1) is 5.41 Å². The molecule has 0 aliphatic carbocycles. The molecule has 0 saturated carbocycles. The van der Waals surface area contributed by atoms with Crippen LogP contribution in [-0.2, 0) is 0 Å². The molecule has 2 aliphatic rings. The van der Waals surface area contributed by atoms with E-state index in [4.69, 9.17) is 0 Å². The average Bonchev–Trinajstić information content (AvgIpc) is 2.45. The van der Waals surface area contributed by atoms with Gasteiger partial charge in [0.2, 0.25) is 6.20 Å². The zero-order valence-electron chi connectivity index (χ0n) is 8.23. The van der Waals surface area contributed by atoms with Crippen LogP contribution in [0.15, 0.2) is 34.2 Å². The number of fused-ring (bicyclic) bond motifs is 1. The van der Waals surface area contributed by atoms with Gasteiger partial charge in [-0.3, -0.25) is 0 Å². The number of azo groups is 2. The van der Waals surface area contributed by atoms with Crippen LogP contribution in [0.1, 0.15) is 20.8 Å². The smallest absolute Gasteiger partial charge is 0.219 e. The second-order valence-corrected chi connectivity index (χ2v) is 4.34. The van der Waals surface area contributed by atoms with Crippen LogP contribution in [0.4, 0.5) is 0 Å². The maximum atomic E-state index is 4.39. The van der Waals surface area contributed by atoms with E-state index in [1.807, 2.05) is 29.4 Å². The molecular weight excluding hydrogens is 162 g/mol. The molecule has 1 atom stereocenters. The Morgan fingerprint density at radius 1 is 1.38 bits per heavy atom. The van der Waals surface area contributed by atoms with Crippen molar-refractivity contribution in [2.24, 2.45) is 15.5 Å². The lowest BCUT2D eigenvalue weighted by Crippen LogP contribution is -2.26. The molecular formula is C10H14N3+. The average molecular weight is 176 g/mol. The Hall–Kier alpha value is -1.25. The molecule has 3 heteroatoms. The third-order valence-corrected chi connectivity index (χ3v) is 2.28. The van der Waals surface area contributed by atoms with Crippen LogP contribution in [0.25, 0.3) is 0 Å². The maximum Gasteiger partial charge on any atom is 0.301 e. The van der Waals surface area contributed by atoms with E-state index in [-0.39, 0.29) is 11.6 Å². The number of rotatable bonds is 0. The summed E-state index contributed by atoms with van der Waals surface area (Å²) in [5, 5.41) is 4.28. The first-order chi connectivity index (χ1) is 6.09. The third kappa shape index (κ3) is 1.34. The van der Waals surface area contributed by atoms with Crippen LogP contribution in [0.2, 0.25) is 0 Å². The summed E-state index contributed by atoms with van der Waals surface area (Å²) in [4.78, 5) is 4.39. The van der Waals surface area contributed by atoms with Crippen molar-refractivity contribution in [1.29, 1.82) is 0 Å². The minimum atomic E-state index is 0.102. The van der Waals surface area contributed by atoms with Gasteiger partial charge in [0.25, 0.3) is 0 Å². The number of aliphatic imine (C=N–C) groups is 1. The highest BCUT2D eigenvalue weighted by Crippen LogP contribution is 2.33. The Balaban J connectivity index is 2.31. The molecule has 2 heterocycles. The van der Waals surface area contributed by atoms with Crippen LogP contribution < -0.4 is 0 Å². The van der Waals surface area contributed by atoms with Crippen LogP contribution in [0.5, 0.6) is 0 Å². The van der Waals surface area contributed by atoms with E-state index in [0.717, 1.165) is 0 Å². The highest BCUT2D eigenvalue weighted by Gasteiger charge is 2.37.